The van der Waals surface area contributed by atoms with Crippen LogP contribution in [0.4, 0.5) is 0 Å². The summed E-state index contributed by atoms with van der Waals surface area (Å²) in [4.78, 5) is 14.7. The van der Waals surface area contributed by atoms with Gasteiger partial charge in [-0.1, -0.05) is 30.3 Å². The van der Waals surface area contributed by atoms with Crippen LogP contribution in [0.25, 0.3) is 0 Å². The van der Waals surface area contributed by atoms with Crippen molar-refractivity contribution in [2.75, 3.05) is 26.2 Å². The van der Waals surface area contributed by atoms with Crippen LogP contribution >= 0.6 is 0 Å². The van der Waals surface area contributed by atoms with Crippen LogP contribution in [0.1, 0.15) is 38.7 Å². The van der Waals surface area contributed by atoms with E-state index in [1.165, 1.54) is 5.56 Å². The summed E-state index contributed by atoms with van der Waals surface area (Å²) in [5, 5.41) is 3.06. The van der Waals surface area contributed by atoms with Crippen LogP contribution in [-0.4, -0.2) is 43.2 Å². The molecule has 0 aromatic heterocycles. The number of nitrogens with one attached hydrogen (secondary N) is 1. The van der Waals surface area contributed by atoms with E-state index in [1.54, 1.807) is 0 Å². The van der Waals surface area contributed by atoms with E-state index in [1.807, 2.05) is 19.9 Å². The zero-order chi connectivity index (χ0) is 16.5. The average Bonchev–Trinajstić information content (AvgIpc) is 2.55. The van der Waals surface area contributed by atoms with Gasteiger partial charge in [0.1, 0.15) is 0 Å². The SMILES string of the molecule is CC(C)OCCCNC(=O)C1CCCN(Cc2ccccc2)C1. The second kappa shape index (κ2) is 9.68. The fourth-order valence-corrected chi connectivity index (χ4v) is 3.00. The third-order valence-electron chi connectivity index (χ3n) is 4.20. The lowest BCUT2D eigenvalue weighted by Crippen LogP contribution is -2.43. The van der Waals surface area contributed by atoms with Crippen LogP contribution in [0.2, 0.25) is 0 Å². The molecule has 1 fully saturated rings. The zero-order valence-corrected chi connectivity index (χ0v) is 14.5. The van der Waals surface area contributed by atoms with Crippen LogP contribution in [0.5, 0.6) is 0 Å². The van der Waals surface area contributed by atoms with Gasteiger partial charge in [-0.25, -0.2) is 0 Å². The molecule has 1 aromatic rings. The molecule has 1 heterocycles. The number of carbonyl (C=O) groups is 1. The van der Waals surface area contributed by atoms with Gasteiger partial charge in [-0.15, -0.1) is 0 Å². The Bertz CT molecular complexity index is 462. The molecule has 4 heteroatoms. The molecule has 128 valence electrons. The largest absolute Gasteiger partial charge is 0.379 e. The molecule has 0 bridgehead atoms. The number of amides is 1. The van der Waals surface area contributed by atoms with Gasteiger partial charge in [-0.2, -0.15) is 0 Å². The van der Waals surface area contributed by atoms with Crippen molar-refractivity contribution < 1.29 is 9.53 Å². The van der Waals surface area contributed by atoms with Crippen molar-refractivity contribution in [3.8, 4) is 0 Å². The van der Waals surface area contributed by atoms with E-state index < -0.39 is 0 Å². The number of piperidine rings is 1. The quantitative estimate of drug-likeness (QED) is 0.750. The third-order valence-corrected chi connectivity index (χ3v) is 4.20. The summed E-state index contributed by atoms with van der Waals surface area (Å²) < 4.78 is 5.49. The van der Waals surface area contributed by atoms with Crippen molar-refractivity contribution in [3.05, 3.63) is 35.9 Å². The minimum absolute atomic E-state index is 0.124. The summed E-state index contributed by atoms with van der Waals surface area (Å²) in [6.07, 6.45) is 3.24. The van der Waals surface area contributed by atoms with Gasteiger partial charge in [0.05, 0.1) is 12.0 Å². The molecule has 1 aromatic carbocycles. The Hall–Kier alpha value is -1.39. The molecular weight excluding hydrogens is 288 g/mol. The number of hydrogen-bond acceptors (Lipinski definition) is 3. The smallest absolute Gasteiger partial charge is 0.224 e. The van der Waals surface area contributed by atoms with Crippen LogP contribution in [0.15, 0.2) is 30.3 Å². The van der Waals surface area contributed by atoms with E-state index in [4.69, 9.17) is 4.74 Å². The van der Waals surface area contributed by atoms with E-state index >= 15 is 0 Å². The molecule has 0 radical (unpaired) electrons. The van der Waals surface area contributed by atoms with Crippen molar-refractivity contribution in [1.29, 1.82) is 0 Å². The summed E-state index contributed by atoms with van der Waals surface area (Å²) in [5.74, 6) is 0.325. The van der Waals surface area contributed by atoms with Gasteiger partial charge < -0.3 is 10.1 Å². The van der Waals surface area contributed by atoms with Crippen molar-refractivity contribution in [2.24, 2.45) is 5.92 Å². The fraction of sp³-hybridized carbons (Fsp3) is 0.632. The van der Waals surface area contributed by atoms with Crippen molar-refractivity contribution >= 4 is 5.91 Å². The highest BCUT2D eigenvalue weighted by atomic mass is 16.5. The Balaban J connectivity index is 1.69. The van der Waals surface area contributed by atoms with Gasteiger partial charge in [0, 0.05) is 26.2 Å². The predicted molar refractivity (Wildman–Crippen MR) is 93.2 cm³/mol. The molecule has 2 rings (SSSR count). The van der Waals surface area contributed by atoms with Gasteiger partial charge in [-0.3, -0.25) is 9.69 Å². The highest BCUT2D eigenvalue weighted by Gasteiger charge is 2.25. The molecule has 1 aliphatic rings. The maximum atomic E-state index is 12.3. The molecule has 1 aliphatic heterocycles. The van der Waals surface area contributed by atoms with Crippen molar-refractivity contribution in [3.63, 3.8) is 0 Å². The Morgan fingerprint density at radius 2 is 2.13 bits per heavy atom. The Morgan fingerprint density at radius 3 is 2.87 bits per heavy atom. The molecule has 1 atom stereocenters. The lowest BCUT2D eigenvalue weighted by molar-refractivity contribution is -0.126. The monoisotopic (exact) mass is 318 g/mol. The number of benzene rings is 1. The number of ether oxygens (including phenoxy) is 1. The molecule has 1 N–H and O–H groups in total. The fourth-order valence-electron chi connectivity index (χ4n) is 3.00. The van der Waals surface area contributed by atoms with Crippen molar-refractivity contribution in [1.82, 2.24) is 10.2 Å². The molecule has 4 nitrogen and oxygen atoms in total. The molecule has 0 aliphatic carbocycles. The number of hydrogen-bond donors (Lipinski definition) is 1. The minimum atomic E-state index is 0.124. The predicted octanol–water partition coefficient (Wildman–Crippen LogP) is 2.83. The summed E-state index contributed by atoms with van der Waals surface area (Å²) >= 11 is 0. The van der Waals surface area contributed by atoms with Gasteiger partial charge in [0.25, 0.3) is 0 Å². The van der Waals surface area contributed by atoms with Crippen molar-refractivity contribution in [2.45, 2.75) is 45.8 Å². The van der Waals surface area contributed by atoms with E-state index in [9.17, 15) is 4.79 Å². The molecule has 0 saturated carbocycles. The maximum Gasteiger partial charge on any atom is 0.224 e. The van der Waals surface area contributed by atoms with E-state index in [2.05, 4.69) is 34.5 Å². The highest BCUT2D eigenvalue weighted by Crippen LogP contribution is 2.18. The summed E-state index contributed by atoms with van der Waals surface area (Å²) in [6.45, 7) is 8.37. The number of carbonyl (C=O) groups excluding carboxylic acids is 1. The topological polar surface area (TPSA) is 41.6 Å². The van der Waals surface area contributed by atoms with E-state index in [-0.39, 0.29) is 17.9 Å². The zero-order valence-electron chi connectivity index (χ0n) is 14.5. The van der Waals surface area contributed by atoms with Gasteiger partial charge >= 0.3 is 0 Å². The Labute approximate surface area is 140 Å². The molecular formula is C19H30N2O2. The Kier molecular flexibility index (Phi) is 7.56. The van der Waals surface area contributed by atoms with Gasteiger partial charge in [-0.05, 0) is 45.2 Å². The molecule has 1 unspecified atom stereocenters. The molecule has 1 amide bonds. The average molecular weight is 318 g/mol. The van der Waals surface area contributed by atoms with Gasteiger partial charge in [0.2, 0.25) is 5.91 Å². The van der Waals surface area contributed by atoms with Gasteiger partial charge in [0.15, 0.2) is 0 Å². The van der Waals surface area contributed by atoms with Crippen LogP contribution in [0, 0.1) is 5.92 Å². The summed E-state index contributed by atoms with van der Waals surface area (Å²) in [7, 11) is 0. The van der Waals surface area contributed by atoms with E-state index in [0.29, 0.717) is 13.2 Å². The number of rotatable bonds is 8. The first-order valence-corrected chi connectivity index (χ1v) is 8.80. The first kappa shape index (κ1) is 18.0. The first-order chi connectivity index (χ1) is 11.1. The number of likely N-dealkylation sites (tertiary alicyclic amines) is 1. The first-order valence-electron chi connectivity index (χ1n) is 8.80. The van der Waals surface area contributed by atoms with Crippen LogP contribution < -0.4 is 5.32 Å². The minimum Gasteiger partial charge on any atom is -0.379 e. The highest BCUT2D eigenvalue weighted by molar-refractivity contribution is 5.78. The van der Waals surface area contributed by atoms with Crippen LogP contribution in [0.3, 0.4) is 0 Å². The lowest BCUT2D eigenvalue weighted by atomic mass is 9.96. The lowest BCUT2D eigenvalue weighted by Gasteiger charge is -2.32. The second-order valence-electron chi connectivity index (χ2n) is 6.62. The van der Waals surface area contributed by atoms with Crippen LogP contribution in [-0.2, 0) is 16.1 Å². The summed E-state index contributed by atoms with van der Waals surface area (Å²) in [6, 6.07) is 10.5. The number of nitrogens with zero attached hydrogens (tertiary/aromatic N) is 1. The summed E-state index contributed by atoms with van der Waals surface area (Å²) in [5.41, 5.74) is 1.32. The Morgan fingerprint density at radius 1 is 1.35 bits per heavy atom. The third kappa shape index (κ3) is 6.71. The standard InChI is InChI=1S/C19H30N2O2/c1-16(2)23-13-7-11-20-19(22)18-10-6-12-21(15-18)14-17-8-4-3-5-9-17/h3-5,8-9,16,18H,6-7,10-15H2,1-2H3,(H,20,22). The van der Waals surface area contributed by atoms with E-state index in [0.717, 1.165) is 38.9 Å². The normalized spacial score (nSPS) is 19.0. The maximum absolute atomic E-state index is 12.3. The molecule has 0 spiro atoms. The molecule has 1 saturated heterocycles. The second-order valence-corrected chi connectivity index (χ2v) is 6.62. The molecule has 23 heavy (non-hydrogen) atoms.